The van der Waals surface area contributed by atoms with Gasteiger partial charge in [-0.25, -0.2) is 4.57 Å². The van der Waals surface area contributed by atoms with E-state index in [-0.39, 0.29) is 0 Å². The highest BCUT2D eigenvalue weighted by Gasteiger charge is 2.24. The van der Waals surface area contributed by atoms with Crippen LogP contribution in [0, 0.1) is 0 Å². The summed E-state index contributed by atoms with van der Waals surface area (Å²) in [6.07, 6.45) is 9.92. The smallest absolute Gasteiger partial charge is 0.168 e. The topological polar surface area (TPSA) is 3.88 Å². The van der Waals surface area contributed by atoms with Gasteiger partial charge in [-0.05, 0) is 19.3 Å². The van der Waals surface area contributed by atoms with Crippen LogP contribution < -0.4 is 4.57 Å². The fourth-order valence-corrected chi connectivity index (χ4v) is 2.72. The van der Waals surface area contributed by atoms with Gasteiger partial charge in [0.1, 0.15) is 0 Å². The first-order valence-corrected chi connectivity index (χ1v) is 6.56. The van der Waals surface area contributed by atoms with Crippen molar-refractivity contribution in [2.45, 2.75) is 32.2 Å². The van der Waals surface area contributed by atoms with E-state index in [1.54, 1.807) is 0 Å². The first-order valence-electron chi connectivity index (χ1n) is 6.56. The summed E-state index contributed by atoms with van der Waals surface area (Å²) >= 11 is 0. The standard InChI is InChI=1S/C14H24N2/c1-16(12-6-3-7-13-16)14-8-11-15-9-4-2-5-10-15/h2,4-5,9-10H,3,6-8,11-14H2,1H3/q+2. The Kier molecular flexibility index (Phi) is 3.94. The lowest BCUT2D eigenvalue weighted by atomic mass is 10.1. The lowest BCUT2D eigenvalue weighted by Gasteiger charge is -2.37. The molecule has 0 aromatic carbocycles. The minimum atomic E-state index is 1.16. The highest BCUT2D eigenvalue weighted by molar-refractivity contribution is 4.83. The Balaban J connectivity index is 1.75. The van der Waals surface area contributed by atoms with Crippen molar-refractivity contribution in [2.24, 2.45) is 0 Å². The van der Waals surface area contributed by atoms with Gasteiger partial charge in [0.2, 0.25) is 0 Å². The van der Waals surface area contributed by atoms with Gasteiger partial charge in [-0.1, -0.05) is 6.07 Å². The Morgan fingerprint density at radius 1 is 1.00 bits per heavy atom. The summed E-state index contributed by atoms with van der Waals surface area (Å²) in [6.45, 7) is 5.27. The molecule has 0 saturated carbocycles. The number of rotatable bonds is 4. The van der Waals surface area contributed by atoms with E-state index in [0.29, 0.717) is 0 Å². The van der Waals surface area contributed by atoms with Crippen LogP contribution in [0.5, 0.6) is 0 Å². The van der Waals surface area contributed by atoms with Crippen LogP contribution in [0.1, 0.15) is 25.7 Å². The molecule has 16 heavy (non-hydrogen) atoms. The monoisotopic (exact) mass is 220 g/mol. The first kappa shape index (κ1) is 11.6. The van der Waals surface area contributed by atoms with E-state index in [4.69, 9.17) is 0 Å². The maximum Gasteiger partial charge on any atom is 0.168 e. The second-order valence-electron chi connectivity index (χ2n) is 5.32. The third-order valence-electron chi connectivity index (χ3n) is 3.79. The summed E-state index contributed by atoms with van der Waals surface area (Å²) in [6, 6.07) is 6.30. The molecule has 0 radical (unpaired) electrons. The van der Waals surface area contributed by atoms with Gasteiger partial charge < -0.3 is 4.48 Å². The number of likely N-dealkylation sites (tertiary alicyclic amines) is 1. The molecule has 1 aliphatic rings. The lowest BCUT2D eigenvalue weighted by Crippen LogP contribution is -2.49. The summed E-state index contributed by atoms with van der Waals surface area (Å²) in [4.78, 5) is 0. The van der Waals surface area contributed by atoms with Crippen molar-refractivity contribution in [3.05, 3.63) is 30.6 Å². The van der Waals surface area contributed by atoms with Crippen molar-refractivity contribution in [2.75, 3.05) is 26.7 Å². The highest BCUT2D eigenvalue weighted by atomic mass is 15.3. The van der Waals surface area contributed by atoms with Crippen molar-refractivity contribution < 1.29 is 9.05 Å². The molecule has 1 aromatic heterocycles. The quantitative estimate of drug-likeness (QED) is 0.540. The molecule has 0 N–H and O–H groups in total. The summed E-state index contributed by atoms with van der Waals surface area (Å²) in [5, 5.41) is 0. The molecular weight excluding hydrogens is 196 g/mol. The molecule has 0 amide bonds. The van der Waals surface area contributed by atoms with Crippen LogP contribution in [0.25, 0.3) is 0 Å². The molecule has 1 aromatic rings. The Morgan fingerprint density at radius 2 is 1.69 bits per heavy atom. The molecule has 0 aliphatic carbocycles. The second-order valence-corrected chi connectivity index (χ2v) is 5.32. The summed E-state index contributed by atoms with van der Waals surface area (Å²) in [5.41, 5.74) is 0. The van der Waals surface area contributed by atoms with E-state index < -0.39 is 0 Å². The average Bonchev–Trinajstić information content (AvgIpc) is 2.31. The Bertz CT molecular complexity index is 302. The van der Waals surface area contributed by atoms with Gasteiger partial charge in [0, 0.05) is 12.1 Å². The number of aryl methyl sites for hydroxylation is 1. The number of hydrogen-bond acceptors (Lipinski definition) is 0. The summed E-state index contributed by atoms with van der Waals surface area (Å²) in [5.74, 6) is 0. The molecule has 1 saturated heterocycles. The van der Waals surface area contributed by atoms with Crippen LogP contribution in [0.4, 0.5) is 0 Å². The van der Waals surface area contributed by atoms with Gasteiger partial charge in [0.25, 0.3) is 0 Å². The third kappa shape index (κ3) is 3.31. The van der Waals surface area contributed by atoms with Crippen molar-refractivity contribution in [3.8, 4) is 0 Å². The van der Waals surface area contributed by atoms with Crippen molar-refractivity contribution >= 4 is 0 Å². The molecular formula is C14H24N2+2. The van der Waals surface area contributed by atoms with Crippen LogP contribution in [0.2, 0.25) is 0 Å². The highest BCUT2D eigenvalue weighted by Crippen LogP contribution is 2.16. The predicted octanol–water partition coefficient (Wildman–Crippen LogP) is 1.99. The number of hydrogen-bond donors (Lipinski definition) is 0. The molecule has 2 heterocycles. The van der Waals surface area contributed by atoms with Crippen molar-refractivity contribution in [1.29, 1.82) is 0 Å². The Morgan fingerprint density at radius 3 is 2.38 bits per heavy atom. The molecule has 2 rings (SSSR count). The van der Waals surface area contributed by atoms with Crippen molar-refractivity contribution in [1.82, 2.24) is 0 Å². The minimum absolute atomic E-state index is 1.16. The van der Waals surface area contributed by atoms with Gasteiger partial charge in [0.05, 0.1) is 33.1 Å². The van der Waals surface area contributed by atoms with Crippen LogP contribution >= 0.6 is 0 Å². The van der Waals surface area contributed by atoms with Crippen LogP contribution in [-0.2, 0) is 6.54 Å². The molecule has 1 fully saturated rings. The fraction of sp³-hybridized carbons (Fsp3) is 0.643. The van der Waals surface area contributed by atoms with Crippen LogP contribution in [0.3, 0.4) is 0 Å². The van der Waals surface area contributed by atoms with E-state index in [0.717, 1.165) is 6.54 Å². The van der Waals surface area contributed by atoms with Gasteiger partial charge in [-0.2, -0.15) is 0 Å². The second kappa shape index (κ2) is 5.44. The zero-order chi connectivity index (χ0) is 11.3. The molecule has 0 unspecified atom stereocenters. The number of nitrogens with zero attached hydrogens (tertiary/aromatic N) is 2. The fourth-order valence-electron chi connectivity index (χ4n) is 2.72. The Hall–Kier alpha value is -0.890. The maximum atomic E-state index is 2.43. The van der Waals surface area contributed by atoms with Crippen LogP contribution in [0.15, 0.2) is 30.6 Å². The van der Waals surface area contributed by atoms with E-state index in [1.807, 2.05) is 0 Å². The van der Waals surface area contributed by atoms with Gasteiger partial charge in [0.15, 0.2) is 18.9 Å². The van der Waals surface area contributed by atoms with E-state index >= 15 is 0 Å². The largest absolute Gasteiger partial charge is 0.326 e. The normalized spacial score (nSPS) is 19.6. The third-order valence-corrected chi connectivity index (χ3v) is 3.79. The molecule has 2 nitrogen and oxygen atoms in total. The molecule has 2 heteroatoms. The van der Waals surface area contributed by atoms with E-state index in [9.17, 15) is 0 Å². The van der Waals surface area contributed by atoms with Gasteiger partial charge in [-0.3, -0.25) is 0 Å². The number of pyridine rings is 1. The first-order chi connectivity index (χ1) is 7.79. The number of piperidine rings is 1. The summed E-state index contributed by atoms with van der Waals surface area (Å²) in [7, 11) is 2.43. The van der Waals surface area contributed by atoms with Crippen LogP contribution in [-0.4, -0.2) is 31.2 Å². The number of aromatic nitrogens is 1. The Labute approximate surface area is 99.1 Å². The lowest BCUT2D eigenvalue weighted by molar-refractivity contribution is -0.916. The van der Waals surface area contributed by atoms with Gasteiger partial charge in [-0.15, -0.1) is 0 Å². The number of quaternary nitrogens is 1. The van der Waals surface area contributed by atoms with E-state index in [2.05, 4.69) is 42.2 Å². The van der Waals surface area contributed by atoms with Gasteiger partial charge >= 0.3 is 0 Å². The SMILES string of the molecule is C[N+]1(CCC[n+]2ccccc2)CCCCC1. The molecule has 1 aliphatic heterocycles. The predicted molar refractivity (Wildman–Crippen MR) is 65.9 cm³/mol. The molecule has 88 valence electrons. The maximum absolute atomic E-state index is 2.43. The van der Waals surface area contributed by atoms with E-state index in [1.165, 1.54) is 49.8 Å². The minimum Gasteiger partial charge on any atom is -0.326 e. The average molecular weight is 220 g/mol. The molecule has 0 bridgehead atoms. The zero-order valence-corrected chi connectivity index (χ0v) is 10.4. The molecule has 0 spiro atoms. The summed E-state index contributed by atoms with van der Waals surface area (Å²) < 4.78 is 3.59. The zero-order valence-electron chi connectivity index (χ0n) is 10.4. The molecule has 0 atom stereocenters. The van der Waals surface area contributed by atoms with Crippen molar-refractivity contribution in [3.63, 3.8) is 0 Å².